The molecule has 3 N–H and O–H groups in total. The number of carbonyl (C=O) groups is 1. The van der Waals surface area contributed by atoms with Crippen LogP contribution in [0.25, 0.3) is 10.9 Å². The van der Waals surface area contributed by atoms with Crippen molar-refractivity contribution in [3.05, 3.63) is 56.8 Å². The van der Waals surface area contributed by atoms with E-state index < -0.39 is 11.7 Å². The van der Waals surface area contributed by atoms with Crippen LogP contribution in [0.2, 0.25) is 15.1 Å². The summed E-state index contributed by atoms with van der Waals surface area (Å²) in [4.78, 5) is 17.4. The van der Waals surface area contributed by atoms with Gasteiger partial charge in [-0.1, -0.05) is 47.6 Å². The molecule has 0 unspecified atom stereocenters. The molecule has 0 atom stereocenters. The van der Waals surface area contributed by atoms with Crippen molar-refractivity contribution in [3.8, 4) is 0 Å². The van der Waals surface area contributed by atoms with Gasteiger partial charge < -0.3 is 5.32 Å². The Morgan fingerprint density at radius 3 is 2.60 bits per heavy atom. The number of benzene rings is 2. The minimum Gasteiger partial charge on any atom is -0.309 e. The summed E-state index contributed by atoms with van der Waals surface area (Å²) >= 11 is 17.8. The van der Waals surface area contributed by atoms with E-state index in [0.717, 1.165) is 25.7 Å². The zero-order valence-corrected chi connectivity index (χ0v) is 17.9. The Balaban J connectivity index is 1.62. The van der Waals surface area contributed by atoms with Crippen LogP contribution in [-0.2, 0) is 0 Å². The average molecular weight is 469 g/mol. The van der Waals surface area contributed by atoms with Crippen LogP contribution in [0.5, 0.6) is 0 Å². The molecule has 1 saturated carbocycles. The Morgan fingerprint density at radius 1 is 1.10 bits per heavy atom. The SMILES string of the molecule is O=C(NC(=NC1CCCC1)Nc1n[nH]c2cc(Cl)c(F)cc12)c1ccc(Cl)c(Cl)c1. The first-order valence-corrected chi connectivity index (χ1v) is 10.5. The van der Waals surface area contributed by atoms with Crippen LogP contribution in [0.15, 0.2) is 35.3 Å². The Labute approximate surface area is 186 Å². The van der Waals surface area contributed by atoms with Crippen molar-refractivity contribution in [2.24, 2.45) is 4.99 Å². The van der Waals surface area contributed by atoms with Crippen LogP contribution in [0.1, 0.15) is 36.0 Å². The van der Waals surface area contributed by atoms with Crippen molar-refractivity contribution >= 4 is 63.4 Å². The molecule has 1 heterocycles. The van der Waals surface area contributed by atoms with Crippen LogP contribution in [0, 0.1) is 5.82 Å². The molecular formula is C20H17Cl3FN5O. The molecule has 2 aromatic carbocycles. The van der Waals surface area contributed by atoms with Gasteiger partial charge in [-0.25, -0.2) is 9.38 Å². The summed E-state index contributed by atoms with van der Waals surface area (Å²) in [5.41, 5.74) is 0.884. The van der Waals surface area contributed by atoms with Crippen LogP contribution in [0.4, 0.5) is 10.2 Å². The third-order valence-electron chi connectivity index (χ3n) is 4.89. The third kappa shape index (κ3) is 4.53. The number of aliphatic imine (C=N–C) groups is 1. The van der Waals surface area contributed by atoms with Crippen molar-refractivity contribution < 1.29 is 9.18 Å². The van der Waals surface area contributed by atoms with Gasteiger partial charge in [-0.3, -0.25) is 15.2 Å². The van der Waals surface area contributed by atoms with Gasteiger partial charge in [0.15, 0.2) is 5.82 Å². The second kappa shape index (κ2) is 8.79. The van der Waals surface area contributed by atoms with Crippen molar-refractivity contribution in [2.75, 3.05) is 5.32 Å². The van der Waals surface area contributed by atoms with Gasteiger partial charge in [-0.2, -0.15) is 5.10 Å². The zero-order chi connectivity index (χ0) is 21.3. The van der Waals surface area contributed by atoms with Gasteiger partial charge in [0.25, 0.3) is 5.91 Å². The van der Waals surface area contributed by atoms with Crippen molar-refractivity contribution in [1.29, 1.82) is 0 Å². The quantitative estimate of drug-likeness (QED) is 0.335. The highest BCUT2D eigenvalue weighted by molar-refractivity contribution is 6.42. The number of halogens is 4. The van der Waals surface area contributed by atoms with Gasteiger partial charge in [0.2, 0.25) is 5.96 Å². The van der Waals surface area contributed by atoms with Gasteiger partial charge >= 0.3 is 0 Å². The molecule has 1 aliphatic rings. The molecule has 6 nitrogen and oxygen atoms in total. The van der Waals surface area contributed by atoms with E-state index in [4.69, 9.17) is 34.8 Å². The number of nitrogens with one attached hydrogen (secondary N) is 3. The normalized spacial score (nSPS) is 15.0. The third-order valence-corrected chi connectivity index (χ3v) is 5.92. The first kappa shape index (κ1) is 20.9. The highest BCUT2D eigenvalue weighted by Crippen LogP contribution is 2.27. The highest BCUT2D eigenvalue weighted by Gasteiger charge is 2.19. The van der Waals surface area contributed by atoms with E-state index in [-0.39, 0.29) is 22.0 Å². The average Bonchev–Trinajstić information content (AvgIpc) is 3.35. The molecule has 0 aliphatic heterocycles. The maximum absolute atomic E-state index is 13.9. The molecule has 1 fully saturated rings. The fourth-order valence-corrected chi connectivity index (χ4v) is 3.81. The summed E-state index contributed by atoms with van der Waals surface area (Å²) in [7, 11) is 0. The Morgan fingerprint density at radius 2 is 1.87 bits per heavy atom. The number of carbonyl (C=O) groups excluding carboxylic acids is 1. The predicted octanol–water partition coefficient (Wildman–Crippen LogP) is 5.80. The molecule has 1 aliphatic carbocycles. The number of aromatic amines is 1. The fraction of sp³-hybridized carbons (Fsp3) is 0.250. The number of aromatic nitrogens is 2. The van der Waals surface area contributed by atoms with Crippen LogP contribution in [0.3, 0.4) is 0 Å². The van der Waals surface area contributed by atoms with E-state index in [9.17, 15) is 9.18 Å². The molecule has 156 valence electrons. The first-order chi connectivity index (χ1) is 14.4. The van der Waals surface area contributed by atoms with E-state index in [1.165, 1.54) is 18.2 Å². The standard InChI is InChI=1S/C20H17Cl3FN5O/c21-13-6-5-10(7-14(13)22)19(30)27-20(25-11-3-1-2-4-11)26-18-12-8-16(24)15(23)9-17(12)28-29-18/h5-9,11H,1-4H2,(H3,25,26,27,28,29,30). The molecule has 0 radical (unpaired) electrons. The lowest BCUT2D eigenvalue weighted by Crippen LogP contribution is -2.37. The summed E-state index contributed by atoms with van der Waals surface area (Å²) in [6.07, 6.45) is 4.02. The second-order valence-corrected chi connectivity index (χ2v) is 8.23. The number of amides is 1. The smallest absolute Gasteiger partial charge is 0.258 e. The summed E-state index contributed by atoms with van der Waals surface area (Å²) in [6.45, 7) is 0. The lowest BCUT2D eigenvalue weighted by molar-refractivity contribution is 0.0977. The highest BCUT2D eigenvalue weighted by atomic mass is 35.5. The minimum absolute atomic E-state index is 0.00883. The fourth-order valence-electron chi connectivity index (χ4n) is 3.35. The summed E-state index contributed by atoms with van der Waals surface area (Å²) in [5.74, 6) is -0.428. The molecule has 3 aromatic rings. The summed E-state index contributed by atoms with van der Waals surface area (Å²) in [5, 5.41) is 13.8. The van der Waals surface area contributed by atoms with Gasteiger partial charge in [-0.15, -0.1) is 0 Å². The molecule has 0 bridgehead atoms. The Bertz CT molecular complexity index is 1140. The summed E-state index contributed by atoms with van der Waals surface area (Å²) < 4.78 is 13.9. The molecule has 30 heavy (non-hydrogen) atoms. The predicted molar refractivity (Wildman–Crippen MR) is 118 cm³/mol. The maximum Gasteiger partial charge on any atom is 0.258 e. The zero-order valence-electron chi connectivity index (χ0n) is 15.6. The van der Waals surface area contributed by atoms with Crippen molar-refractivity contribution in [1.82, 2.24) is 15.5 Å². The van der Waals surface area contributed by atoms with Gasteiger partial charge in [0, 0.05) is 10.9 Å². The van der Waals surface area contributed by atoms with Gasteiger partial charge in [0.05, 0.1) is 26.6 Å². The number of nitrogens with zero attached hydrogens (tertiary/aromatic N) is 2. The maximum atomic E-state index is 13.9. The molecule has 4 rings (SSSR count). The Hall–Kier alpha value is -2.35. The molecule has 0 saturated heterocycles. The van der Waals surface area contributed by atoms with E-state index in [1.807, 2.05) is 0 Å². The van der Waals surface area contributed by atoms with E-state index in [2.05, 4.69) is 25.8 Å². The summed E-state index contributed by atoms with van der Waals surface area (Å²) in [6, 6.07) is 7.40. The van der Waals surface area contributed by atoms with Crippen LogP contribution in [-0.4, -0.2) is 28.1 Å². The minimum atomic E-state index is -0.567. The van der Waals surface area contributed by atoms with Crippen molar-refractivity contribution in [3.63, 3.8) is 0 Å². The number of rotatable bonds is 3. The number of hydrogen-bond donors (Lipinski definition) is 3. The lowest BCUT2D eigenvalue weighted by atomic mass is 10.2. The van der Waals surface area contributed by atoms with Crippen molar-refractivity contribution in [2.45, 2.75) is 31.7 Å². The molecule has 1 amide bonds. The van der Waals surface area contributed by atoms with E-state index in [0.29, 0.717) is 27.3 Å². The van der Waals surface area contributed by atoms with Gasteiger partial charge in [0.1, 0.15) is 5.82 Å². The Kier molecular flexibility index (Phi) is 6.13. The number of anilines is 1. The second-order valence-electron chi connectivity index (χ2n) is 7.01. The van der Waals surface area contributed by atoms with Crippen LogP contribution >= 0.6 is 34.8 Å². The number of hydrogen-bond acceptors (Lipinski definition) is 3. The van der Waals surface area contributed by atoms with E-state index in [1.54, 1.807) is 12.1 Å². The molecule has 1 aromatic heterocycles. The first-order valence-electron chi connectivity index (χ1n) is 9.35. The monoisotopic (exact) mass is 467 g/mol. The topological polar surface area (TPSA) is 82.2 Å². The largest absolute Gasteiger partial charge is 0.309 e. The molecule has 10 heteroatoms. The number of fused-ring (bicyclic) bond motifs is 1. The number of H-pyrrole nitrogens is 1. The lowest BCUT2D eigenvalue weighted by Gasteiger charge is -2.13. The number of guanidine groups is 1. The molecular weight excluding hydrogens is 452 g/mol. The van der Waals surface area contributed by atoms with Gasteiger partial charge in [-0.05, 0) is 43.2 Å². The van der Waals surface area contributed by atoms with E-state index >= 15 is 0 Å². The van der Waals surface area contributed by atoms with Crippen LogP contribution < -0.4 is 10.6 Å². The molecule has 0 spiro atoms.